The van der Waals surface area contributed by atoms with Crippen molar-refractivity contribution in [2.24, 2.45) is 0 Å². The lowest BCUT2D eigenvalue weighted by Crippen LogP contribution is -2.21. The van der Waals surface area contributed by atoms with Crippen molar-refractivity contribution < 1.29 is 26.1 Å². The molecule has 0 aliphatic rings. The number of rotatable bonds is 0. The molecule has 0 saturated heterocycles. The van der Waals surface area contributed by atoms with E-state index in [0.717, 1.165) is 22.8 Å². The number of aromatic nitrogens is 2. The molecule has 0 atom stereocenters. The molecule has 1 N–H and O–H groups in total. The van der Waals surface area contributed by atoms with Gasteiger partial charge in [-0.1, -0.05) is 0 Å². The van der Waals surface area contributed by atoms with E-state index in [1.165, 1.54) is 11.1 Å². The van der Waals surface area contributed by atoms with E-state index in [0.29, 0.717) is 0 Å². The average molecular weight is 520 g/mol. The van der Waals surface area contributed by atoms with Crippen LogP contribution in [0.5, 0.6) is 0 Å². The Bertz CT molecular complexity index is 691. The Hall–Kier alpha value is -1.27. The van der Waals surface area contributed by atoms with Crippen molar-refractivity contribution in [3.8, 4) is 0 Å². The maximum atomic E-state index is 10.7. The predicted octanol–water partition coefficient (Wildman–Crippen LogP) is 5.03. The number of alkyl halides is 3. The van der Waals surface area contributed by atoms with Gasteiger partial charge in [0.05, 0.1) is 0 Å². The molecule has 2 heterocycles. The number of pyridine rings is 2. The van der Waals surface area contributed by atoms with Gasteiger partial charge in [0.15, 0.2) is 0 Å². The summed E-state index contributed by atoms with van der Waals surface area (Å²) in [7, 11) is -5.84. The highest BCUT2D eigenvalue weighted by Gasteiger charge is 2.44. The molecular formula is C17H24F3IN2O3S. The van der Waals surface area contributed by atoms with E-state index in [-0.39, 0.29) is 24.0 Å². The third kappa shape index (κ3) is 12.7. The van der Waals surface area contributed by atoms with E-state index in [9.17, 15) is 13.2 Å². The van der Waals surface area contributed by atoms with E-state index >= 15 is 0 Å². The van der Waals surface area contributed by atoms with Crippen LogP contribution in [0.2, 0.25) is 0 Å². The minimum Gasteiger partial charge on any atom is -0.279 e. The van der Waals surface area contributed by atoms with Crippen molar-refractivity contribution >= 4 is 34.1 Å². The number of hydrogen-bond acceptors (Lipinski definition) is 4. The maximum absolute atomic E-state index is 10.7. The summed E-state index contributed by atoms with van der Waals surface area (Å²) in [5.74, 6) is 0. The highest BCUT2D eigenvalue weighted by molar-refractivity contribution is 14.0. The molecule has 154 valence electrons. The number of nitrogens with zero attached hydrogens (tertiary/aromatic N) is 2. The van der Waals surface area contributed by atoms with Gasteiger partial charge < -0.3 is 0 Å². The van der Waals surface area contributed by atoms with Crippen LogP contribution in [0.1, 0.15) is 33.9 Å². The fourth-order valence-corrected chi connectivity index (χ4v) is 2.09. The second-order valence-electron chi connectivity index (χ2n) is 5.78. The monoisotopic (exact) mass is 520 g/mol. The fraction of sp³-hybridized carbons (Fsp3) is 0.412. The molecule has 2 rings (SSSR count). The van der Waals surface area contributed by atoms with E-state index in [1.807, 2.05) is 27.7 Å². The lowest BCUT2D eigenvalue weighted by atomic mass is 10.2. The van der Waals surface area contributed by atoms with Crippen LogP contribution >= 0.6 is 24.0 Å². The first-order valence-corrected chi connectivity index (χ1v) is 8.93. The van der Waals surface area contributed by atoms with Crippen molar-refractivity contribution in [2.75, 3.05) is 0 Å². The first-order chi connectivity index (χ1) is 11.6. The molecule has 0 spiro atoms. The highest BCUT2D eigenvalue weighted by Crippen LogP contribution is 2.20. The van der Waals surface area contributed by atoms with Crippen LogP contribution in [0.25, 0.3) is 0 Å². The summed E-state index contributed by atoms with van der Waals surface area (Å²) in [6.07, 6.45) is 0. The standard InChI is InChI=1S/2C8H11N.CHF3O3S.HI/c2*1-6-4-7(2)9-8(3)5-6;2-1(3,4)8(5,6)7;/h2*4-5H,1-3H3;(H,5,6,7);1H. The van der Waals surface area contributed by atoms with Crippen LogP contribution < -0.4 is 0 Å². The van der Waals surface area contributed by atoms with Gasteiger partial charge in [-0.15, -0.1) is 24.0 Å². The second kappa shape index (κ2) is 11.5. The summed E-state index contributed by atoms with van der Waals surface area (Å²) in [4.78, 5) is 8.47. The average Bonchev–Trinajstić information content (AvgIpc) is 2.33. The first kappa shape index (κ1) is 27.9. The summed E-state index contributed by atoms with van der Waals surface area (Å²) in [5, 5.41) is 0. The lowest BCUT2D eigenvalue weighted by molar-refractivity contribution is -0.0510. The summed E-state index contributed by atoms with van der Waals surface area (Å²) >= 11 is 0. The Morgan fingerprint density at radius 1 is 0.741 bits per heavy atom. The molecule has 0 amide bonds. The number of aryl methyl sites for hydroxylation is 6. The zero-order valence-electron chi connectivity index (χ0n) is 15.9. The molecule has 0 aromatic carbocycles. The van der Waals surface area contributed by atoms with E-state index in [1.54, 1.807) is 0 Å². The molecule has 0 radical (unpaired) electrons. The third-order valence-electron chi connectivity index (χ3n) is 2.74. The molecule has 27 heavy (non-hydrogen) atoms. The molecule has 10 heteroatoms. The molecule has 0 aliphatic heterocycles. The van der Waals surface area contributed by atoms with Crippen LogP contribution in [-0.4, -0.2) is 28.4 Å². The van der Waals surface area contributed by atoms with E-state index in [2.05, 4.69) is 48.1 Å². The maximum Gasteiger partial charge on any atom is 0.522 e. The molecule has 0 aliphatic carbocycles. The third-order valence-corrected chi connectivity index (χ3v) is 3.33. The second-order valence-corrected chi connectivity index (χ2v) is 7.19. The van der Waals surface area contributed by atoms with Crippen molar-refractivity contribution in [3.63, 3.8) is 0 Å². The fourth-order valence-electron chi connectivity index (χ4n) is 2.09. The lowest BCUT2D eigenvalue weighted by Gasteiger charge is -1.97. The van der Waals surface area contributed by atoms with Crippen molar-refractivity contribution in [3.05, 3.63) is 58.2 Å². The van der Waals surface area contributed by atoms with Gasteiger partial charge in [-0.3, -0.25) is 14.5 Å². The van der Waals surface area contributed by atoms with Crippen LogP contribution in [0.4, 0.5) is 13.2 Å². The van der Waals surface area contributed by atoms with Crippen LogP contribution in [-0.2, 0) is 10.1 Å². The Morgan fingerprint density at radius 3 is 1.04 bits per heavy atom. The minimum atomic E-state index is -5.84. The van der Waals surface area contributed by atoms with Gasteiger partial charge in [0.1, 0.15) is 0 Å². The molecular weight excluding hydrogens is 496 g/mol. The first-order valence-electron chi connectivity index (χ1n) is 7.49. The van der Waals surface area contributed by atoms with E-state index < -0.39 is 15.6 Å². The van der Waals surface area contributed by atoms with Gasteiger partial charge in [-0.05, 0) is 76.9 Å². The van der Waals surface area contributed by atoms with Crippen molar-refractivity contribution in [2.45, 2.75) is 47.1 Å². The number of hydrogen-bond donors (Lipinski definition) is 1. The summed E-state index contributed by atoms with van der Waals surface area (Å²) < 4.78 is 57.5. The zero-order valence-corrected chi connectivity index (χ0v) is 19.1. The Kier molecular flexibility index (Phi) is 11.9. The topological polar surface area (TPSA) is 80.2 Å². The largest absolute Gasteiger partial charge is 0.522 e. The van der Waals surface area contributed by atoms with Gasteiger partial charge >= 0.3 is 15.6 Å². The molecule has 2 aromatic heterocycles. The predicted molar refractivity (Wildman–Crippen MR) is 110 cm³/mol. The van der Waals surface area contributed by atoms with Crippen LogP contribution in [0.3, 0.4) is 0 Å². The Labute approximate surface area is 175 Å². The molecule has 0 saturated carbocycles. The van der Waals surface area contributed by atoms with Crippen molar-refractivity contribution in [1.29, 1.82) is 0 Å². The molecule has 5 nitrogen and oxygen atoms in total. The Morgan fingerprint density at radius 2 is 0.926 bits per heavy atom. The smallest absolute Gasteiger partial charge is 0.279 e. The molecule has 0 unspecified atom stereocenters. The molecule has 0 fully saturated rings. The van der Waals surface area contributed by atoms with Crippen LogP contribution in [0, 0.1) is 41.5 Å². The molecule has 0 bridgehead atoms. The summed E-state index contributed by atoms with van der Waals surface area (Å²) in [6, 6.07) is 8.31. The highest BCUT2D eigenvalue weighted by atomic mass is 127. The van der Waals surface area contributed by atoms with Gasteiger partial charge in [0.25, 0.3) is 0 Å². The minimum absolute atomic E-state index is 0. The van der Waals surface area contributed by atoms with Gasteiger partial charge in [0.2, 0.25) is 0 Å². The SMILES string of the molecule is Cc1cc(C)nc(C)c1.Cc1cc(C)nc(C)c1.I.O=S(=O)(O)C(F)(F)F. The molecule has 2 aromatic rings. The van der Waals surface area contributed by atoms with Gasteiger partial charge in [-0.25, -0.2) is 0 Å². The quantitative estimate of drug-likeness (QED) is 0.300. The Balaban J connectivity index is 0. The normalized spacial score (nSPS) is 10.6. The van der Waals surface area contributed by atoms with Crippen LogP contribution in [0.15, 0.2) is 24.3 Å². The van der Waals surface area contributed by atoms with E-state index in [4.69, 9.17) is 13.0 Å². The summed E-state index contributed by atoms with van der Waals surface area (Å²) in [6.45, 7) is 12.2. The zero-order chi connectivity index (χ0) is 20.7. The number of halogens is 4. The van der Waals surface area contributed by atoms with Gasteiger partial charge in [0, 0.05) is 22.8 Å². The van der Waals surface area contributed by atoms with Gasteiger partial charge in [-0.2, -0.15) is 21.6 Å². The van der Waals surface area contributed by atoms with Crippen molar-refractivity contribution in [1.82, 2.24) is 9.97 Å². The summed E-state index contributed by atoms with van der Waals surface area (Å²) in [5.41, 5.74) is 1.47.